The summed E-state index contributed by atoms with van der Waals surface area (Å²) >= 11 is 1.20. The van der Waals surface area contributed by atoms with E-state index in [1.54, 1.807) is 12.1 Å². The number of carboxylic acids is 1. The Morgan fingerprint density at radius 3 is 2.73 bits per heavy atom. The Hall–Kier alpha value is -3.06. The van der Waals surface area contributed by atoms with Crippen molar-refractivity contribution in [2.75, 3.05) is 6.61 Å². The van der Waals surface area contributed by atoms with Crippen LogP contribution in [0, 0.1) is 0 Å². The van der Waals surface area contributed by atoms with Crippen LogP contribution in [0.1, 0.15) is 22.8 Å². The molecule has 0 atom stereocenters. The highest BCUT2D eigenvalue weighted by atomic mass is 32.2. The van der Waals surface area contributed by atoms with Gasteiger partial charge in [-0.1, -0.05) is 18.2 Å². The third-order valence-corrected chi connectivity index (χ3v) is 4.39. The van der Waals surface area contributed by atoms with Crippen LogP contribution in [0.4, 0.5) is 5.69 Å². The number of aliphatic imine (C=N–C) groups is 1. The van der Waals surface area contributed by atoms with Crippen LogP contribution in [0.3, 0.4) is 0 Å². The number of carbonyl (C=O) groups excluding carboxylic acids is 1. The fourth-order valence-electron chi connectivity index (χ4n) is 2.32. The molecule has 2 aromatic rings. The summed E-state index contributed by atoms with van der Waals surface area (Å²) in [4.78, 5) is 28.2. The number of hydrogen-bond acceptors (Lipinski definition) is 5. The lowest BCUT2D eigenvalue weighted by Gasteiger charge is -2.08. The Balaban J connectivity index is 1.92. The van der Waals surface area contributed by atoms with Gasteiger partial charge in [-0.3, -0.25) is 4.79 Å². The predicted octanol–water partition coefficient (Wildman–Crippen LogP) is 3.68. The smallest absolute Gasteiger partial charge is 0.335 e. The van der Waals surface area contributed by atoms with Gasteiger partial charge in [0.25, 0.3) is 5.91 Å². The Morgan fingerprint density at radius 2 is 2.04 bits per heavy atom. The van der Waals surface area contributed by atoms with Gasteiger partial charge >= 0.3 is 5.97 Å². The number of thioether (sulfide) groups is 1. The van der Waals surface area contributed by atoms with Gasteiger partial charge in [0.1, 0.15) is 5.75 Å². The molecule has 1 saturated heterocycles. The van der Waals surface area contributed by atoms with Gasteiger partial charge in [0, 0.05) is 5.56 Å². The highest BCUT2D eigenvalue weighted by Gasteiger charge is 2.24. The van der Waals surface area contributed by atoms with E-state index in [9.17, 15) is 14.7 Å². The molecule has 1 heterocycles. The van der Waals surface area contributed by atoms with E-state index in [-0.39, 0.29) is 11.5 Å². The number of benzene rings is 2. The number of rotatable bonds is 5. The van der Waals surface area contributed by atoms with Crippen LogP contribution >= 0.6 is 11.8 Å². The largest absolute Gasteiger partial charge is 0.493 e. The first-order chi connectivity index (χ1) is 12.6. The van der Waals surface area contributed by atoms with Crippen molar-refractivity contribution in [3.05, 3.63) is 64.6 Å². The van der Waals surface area contributed by atoms with E-state index in [1.165, 1.54) is 23.9 Å². The van der Waals surface area contributed by atoms with Crippen molar-refractivity contribution in [3.63, 3.8) is 0 Å². The molecule has 1 aliphatic rings. The van der Waals surface area contributed by atoms with Crippen molar-refractivity contribution >= 4 is 40.6 Å². The van der Waals surface area contributed by atoms with Crippen LogP contribution in [-0.4, -0.2) is 28.8 Å². The van der Waals surface area contributed by atoms with Crippen molar-refractivity contribution in [3.8, 4) is 5.75 Å². The van der Waals surface area contributed by atoms with Gasteiger partial charge in [0.2, 0.25) is 0 Å². The quantitative estimate of drug-likeness (QED) is 0.786. The van der Waals surface area contributed by atoms with Crippen LogP contribution in [0.15, 0.2) is 58.4 Å². The fourth-order valence-corrected chi connectivity index (χ4v) is 3.16. The van der Waals surface area contributed by atoms with E-state index in [0.29, 0.717) is 28.0 Å². The molecule has 1 fully saturated rings. The maximum absolute atomic E-state index is 12.2. The summed E-state index contributed by atoms with van der Waals surface area (Å²) in [6, 6.07) is 13.8. The summed E-state index contributed by atoms with van der Waals surface area (Å²) in [6.45, 7) is 2.27. The van der Waals surface area contributed by atoms with Gasteiger partial charge in [0.15, 0.2) is 5.17 Å². The average molecular weight is 368 g/mol. The number of amidine groups is 1. The monoisotopic (exact) mass is 368 g/mol. The van der Waals surface area contributed by atoms with E-state index < -0.39 is 5.97 Å². The van der Waals surface area contributed by atoms with Crippen LogP contribution in [-0.2, 0) is 4.79 Å². The Bertz CT molecular complexity index is 907. The summed E-state index contributed by atoms with van der Waals surface area (Å²) < 4.78 is 5.53. The zero-order valence-electron chi connectivity index (χ0n) is 13.9. The molecular formula is C19H16N2O4S. The lowest BCUT2D eigenvalue weighted by Crippen LogP contribution is -2.19. The number of aromatic carboxylic acids is 1. The molecule has 1 aliphatic heterocycles. The van der Waals surface area contributed by atoms with Crippen molar-refractivity contribution in [1.82, 2.24) is 5.32 Å². The number of para-hydroxylation sites is 1. The minimum atomic E-state index is -1.04. The second-order valence-corrected chi connectivity index (χ2v) is 6.34. The summed E-state index contributed by atoms with van der Waals surface area (Å²) in [5.74, 6) is -0.803. The maximum Gasteiger partial charge on any atom is 0.335 e. The van der Waals surface area contributed by atoms with Crippen molar-refractivity contribution in [2.45, 2.75) is 6.92 Å². The zero-order chi connectivity index (χ0) is 18.5. The van der Waals surface area contributed by atoms with Gasteiger partial charge in [-0.2, -0.15) is 0 Å². The summed E-state index contributed by atoms with van der Waals surface area (Å²) in [5, 5.41) is 12.4. The number of ether oxygens (including phenoxy) is 1. The number of nitrogens with zero attached hydrogens (tertiary/aromatic N) is 1. The third kappa shape index (κ3) is 4.12. The number of amides is 1. The van der Waals surface area contributed by atoms with E-state index in [1.807, 2.05) is 37.3 Å². The molecule has 0 unspecified atom stereocenters. The lowest BCUT2D eigenvalue weighted by atomic mass is 10.1. The Kier molecular flexibility index (Phi) is 5.38. The van der Waals surface area contributed by atoms with Crippen LogP contribution < -0.4 is 10.1 Å². The molecule has 0 aliphatic carbocycles. The minimum absolute atomic E-state index is 0.127. The minimum Gasteiger partial charge on any atom is -0.493 e. The zero-order valence-corrected chi connectivity index (χ0v) is 14.7. The highest BCUT2D eigenvalue weighted by Crippen LogP contribution is 2.31. The second kappa shape index (κ2) is 7.88. The molecule has 2 aromatic carbocycles. The molecule has 26 heavy (non-hydrogen) atoms. The summed E-state index contributed by atoms with van der Waals surface area (Å²) in [5.41, 5.74) is 1.40. The first-order valence-corrected chi connectivity index (χ1v) is 8.73. The SMILES string of the molecule is CCOc1ccc(C(=O)O)cc1C=C1SC(=Nc2ccccc2)NC1=O. The lowest BCUT2D eigenvalue weighted by molar-refractivity contribution is -0.115. The molecule has 0 aromatic heterocycles. The van der Waals surface area contributed by atoms with Gasteiger partial charge in [-0.25, -0.2) is 9.79 Å². The molecule has 0 saturated carbocycles. The molecule has 6 nitrogen and oxygen atoms in total. The first-order valence-electron chi connectivity index (χ1n) is 7.91. The number of hydrogen-bond donors (Lipinski definition) is 2. The van der Waals surface area contributed by atoms with E-state index in [2.05, 4.69) is 10.3 Å². The molecule has 7 heteroatoms. The van der Waals surface area contributed by atoms with Crippen molar-refractivity contribution in [2.24, 2.45) is 4.99 Å². The van der Waals surface area contributed by atoms with E-state index in [4.69, 9.17) is 4.74 Å². The predicted molar refractivity (Wildman–Crippen MR) is 102 cm³/mol. The summed E-state index contributed by atoms with van der Waals surface area (Å²) in [6.07, 6.45) is 1.62. The number of carbonyl (C=O) groups is 2. The maximum atomic E-state index is 12.2. The molecule has 132 valence electrons. The van der Waals surface area contributed by atoms with E-state index in [0.717, 1.165) is 5.69 Å². The van der Waals surface area contributed by atoms with Crippen LogP contribution in [0.2, 0.25) is 0 Å². The van der Waals surface area contributed by atoms with Crippen molar-refractivity contribution in [1.29, 1.82) is 0 Å². The van der Waals surface area contributed by atoms with Gasteiger partial charge < -0.3 is 15.2 Å². The second-order valence-electron chi connectivity index (χ2n) is 5.31. The van der Waals surface area contributed by atoms with Crippen LogP contribution in [0.5, 0.6) is 5.75 Å². The van der Waals surface area contributed by atoms with Gasteiger partial charge in [0.05, 0.1) is 22.8 Å². The van der Waals surface area contributed by atoms with Gasteiger partial charge in [-0.05, 0) is 55.1 Å². The summed E-state index contributed by atoms with van der Waals surface area (Å²) in [7, 11) is 0. The number of carboxylic acid groups (broad SMARTS) is 1. The topological polar surface area (TPSA) is 88.0 Å². The average Bonchev–Trinajstić information content (AvgIpc) is 2.96. The molecule has 0 radical (unpaired) electrons. The molecular weight excluding hydrogens is 352 g/mol. The number of nitrogens with one attached hydrogen (secondary N) is 1. The third-order valence-electron chi connectivity index (χ3n) is 3.48. The first kappa shape index (κ1) is 17.8. The van der Waals surface area contributed by atoms with Crippen LogP contribution in [0.25, 0.3) is 6.08 Å². The van der Waals surface area contributed by atoms with E-state index >= 15 is 0 Å². The van der Waals surface area contributed by atoms with Gasteiger partial charge in [-0.15, -0.1) is 0 Å². The Morgan fingerprint density at radius 1 is 1.27 bits per heavy atom. The molecule has 0 bridgehead atoms. The fraction of sp³-hybridized carbons (Fsp3) is 0.105. The molecule has 1 amide bonds. The standard InChI is InChI=1S/C19H16N2O4S/c1-2-25-15-9-8-12(18(23)24)10-13(15)11-16-17(22)21-19(26-16)20-14-6-4-3-5-7-14/h3-11H,2H2,1H3,(H,23,24)(H,20,21,22). The Labute approximate surface area is 154 Å². The molecule has 0 spiro atoms. The normalized spacial score (nSPS) is 16.7. The van der Waals surface area contributed by atoms with Crippen molar-refractivity contribution < 1.29 is 19.4 Å². The molecule has 2 N–H and O–H groups in total. The highest BCUT2D eigenvalue weighted by molar-refractivity contribution is 8.18. The molecule has 3 rings (SSSR count).